The molecule has 1 aromatic rings. The van der Waals surface area contributed by atoms with Gasteiger partial charge in [-0.2, -0.15) is 0 Å². The first kappa shape index (κ1) is 18.5. The molecule has 1 aromatic carbocycles. The van der Waals surface area contributed by atoms with Crippen molar-refractivity contribution >= 4 is 11.8 Å². The lowest BCUT2D eigenvalue weighted by molar-refractivity contribution is -0.133. The second-order valence-corrected chi connectivity index (χ2v) is 8.44. The van der Waals surface area contributed by atoms with Gasteiger partial charge < -0.3 is 4.90 Å². The molecule has 2 saturated heterocycles. The summed E-state index contributed by atoms with van der Waals surface area (Å²) in [5, 5.41) is 7.96. The van der Waals surface area contributed by atoms with E-state index in [-0.39, 0.29) is 17.9 Å². The van der Waals surface area contributed by atoms with Crippen LogP contribution >= 0.6 is 0 Å². The standard InChI is InChI=1S/C22H30N3O2/c26-20(11-10-17-6-4-5-7-17)25-14-12-22(13-15-25)23-19(21(27)24-22)16-18-8-2-1-3-9-18/h1-3,8-9,17,19,23H,4-7,10-16H2. The number of piperidine rings is 1. The Kier molecular flexibility index (Phi) is 5.48. The number of likely N-dealkylation sites (tertiary alicyclic amines) is 1. The van der Waals surface area contributed by atoms with Gasteiger partial charge in [0.2, 0.25) is 5.91 Å². The highest BCUT2D eigenvalue weighted by Gasteiger charge is 2.47. The average Bonchev–Trinajstić information content (AvgIpc) is 3.30. The zero-order valence-corrected chi connectivity index (χ0v) is 16.0. The van der Waals surface area contributed by atoms with Crippen molar-refractivity contribution in [2.24, 2.45) is 5.92 Å². The van der Waals surface area contributed by atoms with Gasteiger partial charge in [0.05, 0.1) is 6.04 Å². The number of amides is 2. The SMILES string of the molecule is O=C1[N]C2(CCN(C(=O)CCC3CCCC3)CC2)NC1Cc1ccccc1. The Morgan fingerprint density at radius 1 is 1.15 bits per heavy atom. The molecule has 5 heteroatoms. The van der Waals surface area contributed by atoms with E-state index in [1.165, 1.54) is 25.7 Å². The summed E-state index contributed by atoms with van der Waals surface area (Å²) in [5.74, 6) is 0.995. The van der Waals surface area contributed by atoms with Gasteiger partial charge >= 0.3 is 0 Å². The monoisotopic (exact) mass is 368 g/mol. The van der Waals surface area contributed by atoms with Crippen molar-refractivity contribution in [3.8, 4) is 0 Å². The summed E-state index contributed by atoms with van der Waals surface area (Å²) >= 11 is 0. The molecule has 5 nitrogen and oxygen atoms in total. The maximum Gasteiger partial charge on any atom is 0.260 e. The number of carbonyl (C=O) groups is 2. The fraction of sp³-hybridized carbons (Fsp3) is 0.636. The number of hydrogen-bond acceptors (Lipinski definition) is 3. The fourth-order valence-electron chi connectivity index (χ4n) is 4.86. The van der Waals surface area contributed by atoms with Crippen molar-refractivity contribution in [3.05, 3.63) is 35.9 Å². The largest absolute Gasteiger partial charge is 0.342 e. The van der Waals surface area contributed by atoms with Crippen LogP contribution in [0.3, 0.4) is 0 Å². The summed E-state index contributed by atoms with van der Waals surface area (Å²) < 4.78 is 0. The Morgan fingerprint density at radius 3 is 2.56 bits per heavy atom. The molecule has 4 rings (SSSR count). The second kappa shape index (κ2) is 8.01. The summed E-state index contributed by atoms with van der Waals surface area (Å²) in [6.07, 6.45) is 9.12. The number of rotatable bonds is 5. The molecule has 27 heavy (non-hydrogen) atoms. The zero-order valence-electron chi connectivity index (χ0n) is 16.0. The van der Waals surface area contributed by atoms with E-state index < -0.39 is 5.66 Å². The summed E-state index contributed by atoms with van der Waals surface area (Å²) in [7, 11) is 0. The van der Waals surface area contributed by atoms with E-state index >= 15 is 0 Å². The first-order valence-corrected chi connectivity index (χ1v) is 10.5. The number of nitrogens with one attached hydrogen (secondary N) is 1. The van der Waals surface area contributed by atoms with Gasteiger partial charge in [0.15, 0.2) is 0 Å². The van der Waals surface area contributed by atoms with Crippen molar-refractivity contribution < 1.29 is 9.59 Å². The first-order valence-electron chi connectivity index (χ1n) is 10.5. The lowest BCUT2D eigenvalue weighted by atomic mass is 9.96. The van der Waals surface area contributed by atoms with Gasteiger partial charge in [0.25, 0.3) is 5.91 Å². The van der Waals surface area contributed by atoms with Crippen molar-refractivity contribution in [3.63, 3.8) is 0 Å². The zero-order chi connectivity index (χ0) is 18.7. The third-order valence-corrected chi connectivity index (χ3v) is 6.53. The van der Waals surface area contributed by atoms with Crippen molar-refractivity contribution in [1.29, 1.82) is 0 Å². The van der Waals surface area contributed by atoms with Crippen LogP contribution in [0.25, 0.3) is 0 Å². The van der Waals surface area contributed by atoms with Crippen LogP contribution in [0.15, 0.2) is 30.3 Å². The number of benzene rings is 1. The smallest absolute Gasteiger partial charge is 0.260 e. The van der Waals surface area contributed by atoms with E-state index in [9.17, 15) is 9.59 Å². The minimum Gasteiger partial charge on any atom is -0.342 e. The molecule has 3 aliphatic rings. The number of nitrogens with zero attached hydrogens (tertiary/aromatic N) is 2. The first-order chi connectivity index (χ1) is 13.1. The molecule has 2 heterocycles. The molecule has 2 aliphatic heterocycles. The Bertz CT molecular complexity index is 661. The van der Waals surface area contributed by atoms with Crippen LogP contribution in [0.1, 0.15) is 56.9 Å². The molecule has 1 N–H and O–H groups in total. The van der Waals surface area contributed by atoms with Gasteiger partial charge in [-0.1, -0.05) is 56.0 Å². The molecule has 1 atom stereocenters. The molecule has 0 bridgehead atoms. The molecule has 3 fully saturated rings. The minimum absolute atomic E-state index is 0.0418. The third kappa shape index (κ3) is 4.34. The lowest BCUT2D eigenvalue weighted by Crippen LogP contribution is -2.56. The lowest BCUT2D eigenvalue weighted by Gasteiger charge is -2.38. The quantitative estimate of drug-likeness (QED) is 0.869. The molecule has 1 spiro atoms. The van der Waals surface area contributed by atoms with Crippen LogP contribution in [0.4, 0.5) is 0 Å². The molecule has 2 amide bonds. The molecule has 1 aliphatic carbocycles. The molecule has 1 radical (unpaired) electrons. The van der Waals surface area contributed by atoms with Crippen LogP contribution in [-0.4, -0.2) is 41.5 Å². The molecule has 0 aromatic heterocycles. The van der Waals surface area contributed by atoms with E-state index in [0.29, 0.717) is 25.9 Å². The van der Waals surface area contributed by atoms with Gasteiger partial charge in [-0.05, 0) is 24.3 Å². The summed E-state index contributed by atoms with van der Waals surface area (Å²) in [6, 6.07) is 9.84. The topological polar surface area (TPSA) is 63.5 Å². The highest BCUT2D eigenvalue weighted by molar-refractivity contribution is 5.85. The van der Waals surface area contributed by atoms with Crippen LogP contribution in [0.2, 0.25) is 0 Å². The summed E-state index contributed by atoms with van der Waals surface area (Å²) in [5.41, 5.74) is 0.689. The van der Waals surface area contributed by atoms with Gasteiger partial charge in [-0.15, -0.1) is 0 Å². The Morgan fingerprint density at radius 2 is 1.85 bits per heavy atom. The van der Waals surface area contributed by atoms with Crippen molar-refractivity contribution in [2.75, 3.05) is 13.1 Å². The molecule has 145 valence electrons. The van der Waals surface area contributed by atoms with Gasteiger partial charge in [0, 0.05) is 32.4 Å². The maximum atomic E-state index is 12.5. The normalized spacial score (nSPS) is 25.1. The minimum atomic E-state index is -0.460. The van der Waals surface area contributed by atoms with Crippen molar-refractivity contribution in [2.45, 2.75) is 69.5 Å². The predicted octanol–water partition coefficient (Wildman–Crippen LogP) is 2.62. The van der Waals surface area contributed by atoms with Crippen LogP contribution in [0.5, 0.6) is 0 Å². The highest BCUT2D eigenvalue weighted by Crippen LogP contribution is 2.30. The maximum absolute atomic E-state index is 12.5. The average molecular weight is 369 g/mol. The highest BCUT2D eigenvalue weighted by atomic mass is 16.2. The molecule has 1 saturated carbocycles. The Hall–Kier alpha value is -1.88. The Labute approximate surface area is 161 Å². The Balaban J connectivity index is 1.26. The van der Waals surface area contributed by atoms with Crippen molar-refractivity contribution in [1.82, 2.24) is 15.5 Å². The van der Waals surface area contributed by atoms with E-state index in [4.69, 9.17) is 0 Å². The second-order valence-electron chi connectivity index (χ2n) is 8.44. The van der Waals surface area contributed by atoms with Gasteiger partial charge in [-0.3, -0.25) is 14.9 Å². The van der Waals surface area contributed by atoms with Gasteiger partial charge in [-0.25, -0.2) is 5.32 Å². The van der Waals surface area contributed by atoms with E-state index in [0.717, 1.165) is 30.7 Å². The molecular formula is C22H30N3O2. The predicted molar refractivity (Wildman–Crippen MR) is 104 cm³/mol. The summed E-state index contributed by atoms with van der Waals surface area (Å²) in [6.45, 7) is 1.40. The van der Waals surface area contributed by atoms with Crippen LogP contribution < -0.4 is 10.6 Å². The number of hydrogen-bond donors (Lipinski definition) is 1. The van der Waals surface area contributed by atoms with E-state index in [1.807, 2.05) is 35.2 Å². The fourth-order valence-corrected chi connectivity index (χ4v) is 4.86. The third-order valence-electron chi connectivity index (χ3n) is 6.53. The van der Waals surface area contributed by atoms with E-state index in [1.54, 1.807) is 0 Å². The van der Waals surface area contributed by atoms with Crippen LogP contribution in [0, 0.1) is 5.92 Å². The van der Waals surface area contributed by atoms with Gasteiger partial charge in [0.1, 0.15) is 5.66 Å². The summed E-state index contributed by atoms with van der Waals surface area (Å²) in [4.78, 5) is 26.9. The molecule has 1 unspecified atom stereocenters. The molecular weight excluding hydrogens is 338 g/mol. The van der Waals surface area contributed by atoms with Crippen LogP contribution in [-0.2, 0) is 16.0 Å². The van der Waals surface area contributed by atoms with E-state index in [2.05, 4.69) is 10.6 Å². The number of carbonyl (C=O) groups excluding carboxylic acids is 2.